The molecule has 2 aliphatic rings. The first-order valence-electron chi connectivity index (χ1n) is 9.46. The highest BCUT2D eigenvalue weighted by molar-refractivity contribution is 5.94. The molecule has 1 aromatic carbocycles. The minimum Gasteiger partial charge on any atom is -0.352 e. The van der Waals surface area contributed by atoms with Crippen molar-refractivity contribution in [2.24, 2.45) is 5.92 Å². The van der Waals surface area contributed by atoms with E-state index < -0.39 is 0 Å². The fourth-order valence-corrected chi connectivity index (χ4v) is 3.66. The number of carbonyl (C=O) groups excluding carboxylic acids is 3. The predicted molar refractivity (Wildman–Crippen MR) is 98.4 cm³/mol. The van der Waals surface area contributed by atoms with Crippen LogP contribution in [0.2, 0.25) is 0 Å². The fraction of sp³-hybridized carbons (Fsp3) is 0.550. The molecule has 26 heavy (non-hydrogen) atoms. The van der Waals surface area contributed by atoms with Crippen LogP contribution in [0, 0.1) is 5.92 Å². The van der Waals surface area contributed by atoms with Crippen LogP contribution in [0.5, 0.6) is 0 Å². The maximum absolute atomic E-state index is 12.3. The van der Waals surface area contributed by atoms with Crippen LogP contribution in [-0.2, 0) is 16.1 Å². The van der Waals surface area contributed by atoms with Crippen molar-refractivity contribution in [3.8, 4) is 0 Å². The van der Waals surface area contributed by atoms with Crippen molar-refractivity contribution < 1.29 is 14.4 Å². The summed E-state index contributed by atoms with van der Waals surface area (Å²) < 4.78 is 0. The molecule has 0 aliphatic carbocycles. The van der Waals surface area contributed by atoms with Crippen LogP contribution >= 0.6 is 0 Å². The molecule has 2 heterocycles. The third-order valence-electron chi connectivity index (χ3n) is 5.37. The number of piperidine rings is 1. The Balaban J connectivity index is 1.46. The van der Waals surface area contributed by atoms with Gasteiger partial charge < -0.3 is 15.1 Å². The molecule has 1 aromatic rings. The molecule has 2 aliphatic heterocycles. The van der Waals surface area contributed by atoms with Gasteiger partial charge in [0.15, 0.2) is 0 Å². The summed E-state index contributed by atoms with van der Waals surface area (Å²) in [6.45, 7) is 5.03. The smallest absolute Gasteiger partial charge is 0.253 e. The van der Waals surface area contributed by atoms with Gasteiger partial charge in [0.2, 0.25) is 11.8 Å². The lowest BCUT2D eigenvalue weighted by molar-refractivity contribution is -0.134. The molecule has 0 saturated carbocycles. The van der Waals surface area contributed by atoms with E-state index in [4.69, 9.17) is 0 Å². The predicted octanol–water partition coefficient (Wildman–Crippen LogP) is 1.80. The molecule has 0 unspecified atom stereocenters. The molecule has 0 radical (unpaired) electrons. The van der Waals surface area contributed by atoms with Gasteiger partial charge >= 0.3 is 0 Å². The topological polar surface area (TPSA) is 69.7 Å². The third kappa shape index (κ3) is 4.42. The molecule has 0 atom stereocenters. The molecule has 140 valence electrons. The lowest BCUT2D eigenvalue weighted by atomic mass is 9.96. The Kier molecular flexibility index (Phi) is 5.91. The first-order valence-corrected chi connectivity index (χ1v) is 9.46. The van der Waals surface area contributed by atoms with E-state index in [1.165, 1.54) is 0 Å². The molecule has 6 nitrogen and oxygen atoms in total. The van der Waals surface area contributed by atoms with E-state index in [1.807, 2.05) is 29.2 Å². The number of nitrogens with zero attached hydrogens (tertiary/aromatic N) is 2. The quantitative estimate of drug-likeness (QED) is 0.893. The van der Waals surface area contributed by atoms with Gasteiger partial charge in [-0.05, 0) is 43.4 Å². The number of hydrogen-bond acceptors (Lipinski definition) is 3. The van der Waals surface area contributed by atoms with Crippen molar-refractivity contribution in [3.63, 3.8) is 0 Å². The first kappa shape index (κ1) is 18.4. The second-order valence-electron chi connectivity index (χ2n) is 7.19. The van der Waals surface area contributed by atoms with Crippen LogP contribution in [-0.4, -0.2) is 53.7 Å². The Morgan fingerprint density at radius 3 is 2.15 bits per heavy atom. The normalized spacial score (nSPS) is 18.0. The second kappa shape index (κ2) is 8.34. The largest absolute Gasteiger partial charge is 0.352 e. The molecule has 1 N–H and O–H groups in total. The SMILES string of the molecule is CC(=O)N1CCC(C(=O)NCc2ccc(C(=O)N3CCCC3)cc2)CC1. The molecule has 2 saturated heterocycles. The maximum atomic E-state index is 12.3. The van der Waals surface area contributed by atoms with Gasteiger partial charge in [0.1, 0.15) is 0 Å². The van der Waals surface area contributed by atoms with Crippen molar-refractivity contribution >= 4 is 17.7 Å². The van der Waals surface area contributed by atoms with Crippen molar-refractivity contribution in [1.29, 1.82) is 0 Å². The minimum absolute atomic E-state index is 0.0263. The van der Waals surface area contributed by atoms with Crippen LogP contribution in [0.3, 0.4) is 0 Å². The summed E-state index contributed by atoms with van der Waals surface area (Å²) in [5, 5.41) is 2.98. The highest BCUT2D eigenvalue weighted by Crippen LogP contribution is 2.18. The molecule has 0 spiro atoms. The highest BCUT2D eigenvalue weighted by Gasteiger charge is 2.25. The van der Waals surface area contributed by atoms with Crippen molar-refractivity contribution in [3.05, 3.63) is 35.4 Å². The number of benzene rings is 1. The van der Waals surface area contributed by atoms with Gasteiger partial charge in [-0.25, -0.2) is 0 Å². The number of amides is 3. The molecule has 3 amide bonds. The summed E-state index contributed by atoms with van der Waals surface area (Å²) in [5.74, 6) is 0.190. The average molecular weight is 357 g/mol. The van der Waals surface area contributed by atoms with E-state index in [2.05, 4.69) is 5.32 Å². The molecule has 0 aromatic heterocycles. The van der Waals surface area contributed by atoms with E-state index in [-0.39, 0.29) is 23.6 Å². The Morgan fingerprint density at radius 2 is 1.58 bits per heavy atom. The number of hydrogen-bond donors (Lipinski definition) is 1. The summed E-state index contributed by atoms with van der Waals surface area (Å²) in [7, 11) is 0. The molecule has 3 rings (SSSR count). The number of likely N-dealkylation sites (tertiary alicyclic amines) is 2. The van der Waals surface area contributed by atoms with Crippen molar-refractivity contribution in [2.45, 2.75) is 39.2 Å². The van der Waals surface area contributed by atoms with E-state index in [9.17, 15) is 14.4 Å². The summed E-state index contributed by atoms with van der Waals surface area (Å²) in [4.78, 5) is 39.7. The highest BCUT2D eigenvalue weighted by atomic mass is 16.2. The minimum atomic E-state index is -0.0263. The third-order valence-corrected chi connectivity index (χ3v) is 5.37. The van der Waals surface area contributed by atoms with Gasteiger partial charge in [-0.3, -0.25) is 14.4 Å². The van der Waals surface area contributed by atoms with Crippen LogP contribution in [0.25, 0.3) is 0 Å². The van der Waals surface area contributed by atoms with Crippen LogP contribution < -0.4 is 5.32 Å². The zero-order valence-corrected chi connectivity index (χ0v) is 15.4. The lowest BCUT2D eigenvalue weighted by Crippen LogP contribution is -2.42. The fourth-order valence-electron chi connectivity index (χ4n) is 3.66. The number of nitrogens with one attached hydrogen (secondary N) is 1. The van der Waals surface area contributed by atoms with Crippen molar-refractivity contribution in [1.82, 2.24) is 15.1 Å². The van der Waals surface area contributed by atoms with E-state index in [1.54, 1.807) is 11.8 Å². The van der Waals surface area contributed by atoms with E-state index >= 15 is 0 Å². The summed E-state index contributed by atoms with van der Waals surface area (Å²) in [6.07, 6.45) is 3.60. The zero-order chi connectivity index (χ0) is 18.5. The van der Waals surface area contributed by atoms with Crippen LogP contribution in [0.15, 0.2) is 24.3 Å². The molecular weight excluding hydrogens is 330 g/mol. The molecule has 0 bridgehead atoms. The van der Waals surface area contributed by atoms with Crippen molar-refractivity contribution in [2.75, 3.05) is 26.2 Å². The first-order chi connectivity index (χ1) is 12.5. The van der Waals surface area contributed by atoms with E-state index in [0.717, 1.165) is 31.5 Å². The molecular formula is C20H27N3O3. The Labute approximate surface area is 154 Å². The lowest BCUT2D eigenvalue weighted by Gasteiger charge is -2.30. The summed E-state index contributed by atoms with van der Waals surface area (Å²) in [5.41, 5.74) is 1.69. The van der Waals surface area contributed by atoms with Crippen LogP contribution in [0.1, 0.15) is 48.5 Å². The maximum Gasteiger partial charge on any atom is 0.253 e. The van der Waals surface area contributed by atoms with Gasteiger partial charge in [-0.1, -0.05) is 12.1 Å². The number of rotatable bonds is 4. The van der Waals surface area contributed by atoms with Gasteiger partial charge in [-0.15, -0.1) is 0 Å². The molecule has 2 fully saturated rings. The Hall–Kier alpha value is -2.37. The van der Waals surface area contributed by atoms with E-state index in [0.29, 0.717) is 38.0 Å². The van der Waals surface area contributed by atoms with Gasteiger partial charge in [0.05, 0.1) is 0 Å². The van der Waals surface area contributed by atoms with Gasteiger partial charge in [-0.2, -0.15) is 0 Å². The monoisotopic (exact) mass is 357 g/mol. The van der Waals surface area contributed by atoms with Gasteiger partial charge in [0, 0.05) is 51.1 Å². The Morgan fingerprint density at radius 1 is 0.962 bits per heavy atom. The average Bonchev–Trinajstić information content (AvgIpc) is 3.21. The van der Waals surface area contributed by atoms with Gasteiger partial charge in [0.25, 0.3) is 5.91 Å². The summed E-state index contributed by atoms with van der Waals surface area (Å²) in [6, 6.07) is 7.49. The second-order valence-corrected chi connectivity index (χ2v) is 7.19. The Bertz CT molecular complexity index is 657. The summed E-state index contributed by atoms with van der Waals surface area (Å²) >= 11 is 0. The van der Waals surface area contributed by atoms with Crippen LogP contribution in [0.4, 0.5) is 0 Å². The standard InChI is InChI=1S/C20H27N3O3/c1-15(24)22-12-8-17(9-13-22)19(25)21-14-16-4-6-18(7-5-16)20(26)23-10-2-3-11-23/h4-7,17H,2-3,8-14H2,1H3,(H,21,25). The number of carbonyl (C=O) groups is 3. The molecule has 6 heteroatoms. The zero-order valence-electron chi connectivity index (χ0n) is 15.4.